The molecule has 1 saturated heterocycles. The molecule has 1 aliphatic heterocycles. The predicted molar refractivity (Wildman–Crippen MR) is 65.2 cm³/mol. The van der Waals surface area contributed by atoms with Crippen LogP contribution >= 0.6 is 0 Å². The summed E-state index contributed by atoms with van der Waals surface area (Å²) in [5, 5.41) is 8.99. The molecule has 1 spiro atoms. The fourth-order valence-electron chi connectivity index (χ4n) is 2.92. The van der Waals surface area contributed by atoms with Crippen LogP contribution in [0.5, 0.6) is 0 Å². The minimum atomic E-state index is -0.706. The fraction of sp³-hybridized carbons (Fsp3) is 0.846. The third-order valence-electron chi connectivity index (χ3n) is 3.76. The van der Waals surface area contributed by atoms with Crippen molar-refractivity contribution in [2.24, 2.45) is 11.3 Å². The molecule has 0 bridgehead atoms. The number of ether oxygens (including phenoxy) is 1. The van der Waals surface area contributed by atoms with Gasteiger partial charge in [-0.2, -0.15) is 0 Å². The summed E-state index contributed by atoms with van der Waals surface area (Å²) in [7, 11) is 0. The molecule has 1 atom stereocenters. The summed E-state index contributed by atoms with van der Waals surface area (Å²) in [6.07, 6.45) is 2.05. The van der Waals surface area contributed by atoms with Gasteiger partial charge >= 0.3 is 12.1 Å². The van der Waals surface area contributed by atoms with E-state index in [0.29, 0.717) is 19.5 Å². The van der Waals surface area contributed by atoms with Gasteiger partial charge in [0.2, 0.25) is 0 Å². The summed E-state index contributed by atoms with van der Waals surface area (Å²) < 4.78 is 5.29. The molecule has 1 N–H and O–H groups in total. The predicted octanol–water partition coefficient (Wildman–Crippen LogP) is 2.11. The number of carbonyl (C=O) groups is 2. The molecule has 1 heterocycles. The van der Waals surface area contributed by atoms with Gasteiger partial charge in [0.25, 0.3) is 0 Å². The van der Waals surface area contributed by atoms with Crippen LogP contribution in [0.1, 0.15) is 40.0 Å². The standard InChI is InChI=1S/C13H21NO4/c1-12(2,3)18-11(17)14-7-13(8-14)5-4-9(6-13)10(15)16/h9H,4-8H2,1-3H3,(H,15,16). The van der Waals surface area contributed by atoms with E-state index in [-0.39, 0.29) is 17.4 Å². The Kier molecular flexibility index (Phi) is 3.03. The lowest BCUT2D eigenvalue weighted by atomic mass is 9.78. The summed E-state index contributed by atoms with van der Waals surface area (Å²) in [5.74, 6) is -0.937. The zero-order chi connectivity index (χ0) is 13.6. The Morgan fingerprint density at radius 2 is 1.94 bits per heavy atom. The Labute approximate surface area is 107 Å². The zero-order valence-electron chi connectivity index (χ0n) is 11.2. The normalized spacial score (nSPS) is 25.9. The van der Waals surface area contributed by atoms with Gasteiger partial charge in [0.1, 0.15) is 5.60 Å². The summed E-state index contributed by atoms with van der Waals surface area (Å²) in [6, 6.07) is 0. The second-order valence-electron chi connectivity index (χ2n) is 6.61. The number of carboxylic acid groups (broad SMARTS) is 1. The van der Waals surface area contributed by atoms with Crippen molar-refractivity contribution in [3.63, 3.8) is 0 Å². The number of carbonyl (C=O) groups excluding carboxylic acids is 1. The number of hydrogen-bond acceptors (Lipinski definition) is 3. The van der Waals surface area contributed by atoms with Gasteiger partial charge < -0.3 is 14.7 Å². The molecule has 102 valence electrons. The topological polar surface area (TPSA) is 66.8 Å². The molecule has 1 amide bonds. The highest BCUT2D eigenvalue weighted by Crippen LogP contribution is 2.48. The molecule has 5 heteroatoms. The number of rotatable bonds is 1. The largest absolute Gasteiger partial charge is 0.481 e. The third kappa shape index (κ3) is 2.60. The number of carboxylic acids is 1. The number of amides is 1. The number of aliphatic carboxylic acids is 1. The van der Waals surface area contributed by atoms with Crippen LogP contribution < -0.4 is 0 Å². The van der Waals surface area contributed by atoms with Crippen LogP contribution in [0.3, 0.4) is 0 Å². The maximum Gasteiger partial charge on any atom is 0.410 e. The highest BCUT2D eigenvalue weighted by atomic mass is 16.6. The molecular formula is C13H21NO4. The molecule has 0 aromatic heterocycles. The minimum absolute atomic E-state index is 0.0416. The van der Waals surface area contributed by atoms with Crippen LogP contribution in [-0.4, -0.2) is 40.8 Å². The number of hydrogen-bond donors (Lipinski definition) is 1. The Balaban J connectivity index is 1.84. The SMILES string of the molecule is CC(C)(C)OC(=O)N1CC2(CCC(C(=O)O)C2)C1. The quantitative estimate of drug-likeness (QED) is 0.779. The lowest BCUT2D eigenvalue weighted by Gasteiger charge is -2.48. The van der Waals surface area contributed by atoms with Gasteiger partial charge in [0, 0.05) is 18.5 Å². The number of likely N-dealkylation sites (tertiary alicyclic amines) is 1. The minimum Gasteiger partial charge on any atom is -0.481 e. The molecule has 1 saturated carbocycles. The zero-order valence-corrected chi connectivity index (χ0v) is 11.2. The van der Waals surface area contributed by atoms with Crippen molar-refractivity contribution in [1.29, 1.82) is 0 Å². The van der Waals surface area contributed by atoms with Crippen molar-refractivity contribution < 1.29 is 19.4 Å². The molecule has 0 aromatic rings. The Morgan fingerprint density at radius 1 is 1.33 bits per heavy atom. The molecule has 18 heavy (non-hydrogen) atoms. The van der Waals surface area contributed by atoms with Gasteiger partial charge in [-0.1, -0.05) is 0 Å². The van der Waals surface area contributed by atoms with Crippen molar-refractivity contribution in [2.45, 2.75) is 45.6 Å². The van der Waals surface area contributed by atoms with E-state index >= 15 is 0 Å². The average Bonchev–Trinajstić information content (AvgIpc) is 2.56. The summed E-state index contributed by atoms with van der Waals surface area (Å²) >= 11 is 0. The molecule has 2 rings (SSSR count). The lowest BCUT2D eigenvalue weighted by molar-refractivity contribution is -0.142. The summed E-state index contributed by atoms with van der Waals surface area (Å²) in [5.41, 5.74) is -0.431. The third-order valence-corrected chi connectivity index (χ3v) is 3.76. The highest BCUT2D eigenvalue weighted by Gasteiger charge is 2.51. The van der Waals surface area contributed by atoms with Gasteiger partial charge in [-0.15, -0.1) is 0 Å². The first-order chi connectivity index (χ1) is 8.21. The van der Waals surface area contributed by atoms with Crippen molar-refractivity contribution in [2.75, 3.05) is 13.1 Å². The molecule has 1 aliphatic carbocycles. The smallest absolute Gasteiger partial charge is 0.410 e. The van der Waals surface area contributed by atoms with E-state index in [1.165, 1.54) is 0 Å². The monoisotopic (exact) mass is 255 g/mol. The summed E-state index contributed by atoms with van der Waals surface area (Å²) in [4.78, 5) is 24.4. The first-order valence-corrected chi connectivity index (χ1v) is 6.42. The molecule has 2 fully saturated rings. The second-order valence-corrected chi connectivity index (χ2v) is 6.61. The lowest BCUT2D eigenvalue weighted by Crippen LogP contribution is -2.58. The maximum absolute atomic E-state index is 11.8. The molecule has 0 aromatic carbocycles. The van der Waals surface area contributed by atoms with E-state index in [2.05, 4.69) is 0 Å². The Morgan fingerprint density at radius 3 is 2.39 bits per heavy atom. The highest BCUT2D eigenvalue weighted by molar-refractivity contribution is 5.72. The second kappa shape index (κ2) is 4.14. The van der Waals surface area contributed by atoms with Crippen LogP contribution in [0.4, 0.5) is 4.79 Å². The van der Waals surface area contributed by atoms with Gasteiger partial charge in [0.05, 0.1) is 5.92 Å². The van der Waals surface area contributed by atoms with Crippen molar-refractivity contribution >= 4 is 12.1 Å². The molecule has 2 aliphatic rings. The van der Waals surface area contributed by atoms with E-state index in [9.17, 15) is 9.59 Å². The van der Waals surface area contributed by atoms with Crippen molar-refractivity contribution in [3.05, 3.63) is 0 Å². The van der Waals surface area contributed by atoms with E-state index in [1.54, 1.807) is 4.90 Å². The maximum atomic E-state index is 11.8. The first-order valence-electron chi connectivity index (χ1n) is 6.42. The average molecular weight is 255 g/mol. The van der Waals surface area contributed by atoms with Crippen LogP contribution in [0, 0.1) is 11.3 Å². The van der Waals surface area contributed by atoms with Gasteiger partial charge in [-0.3, -0.25) is 4.79 Å². The van der Waals surface area contributed by atoms with Crippen LogP contribution in [-0.2, 0) is 9.53 Å². The van der Waals surface area contributed by atoms with Gasteiger partial charge in [-0.05, 0) is 40.0 Å². The molecule has 1 unspecified atom stereocenters. The van der Waals surface area contributed by atoms with Crippen molar-refractivity contribution in [3.8, 4) is 0 Å². The molecular weight excluding hydrogens is 234 g/mol. The van der Waals surface area contributed by atoms with E-state index in [1.807, 2.05) is 20.8 Å². The number of nitrogens with zero attached hydrogens (tertiary/aromatic N) is 1. The van der Waals surface area contributed by atoms with Crippen LogP contribution in [0.2, 0.25) is 0 Å². The van der Waals surface area contributed by atoms with E-state index < -0.39 is 11.6 Å². The van der Waals surface area contributed by atoms with Crippen LogP contribution in [0.15, 0.2) is 0 Å². The fourth-order valence-corrected chi connectivity index (χ4v) is 2.92. The Hall–Kier alpha value is -1.26. The van der Waals surface area contributed by atoms with Gasteiger partial charge in [-0.25, -0.2) is 4.79 Å². The van der Waals surface area contributed by atoms with E-state index in [4.69, 9.17) is 9.84 Å². The van der Waals surface area contributed by atoms with Crippen LogP contribution in [0.25, 0.3) is 0 Å². The summed E-state index contributed by atoms with van der Waals surface area (Å²) in [6.45, 7) is 6.82. The molecule has 0 radical (unpaired) electrons. The van der Waals surface area contributed by atoms with Gasteiger partial charge in [0.15, 0.2) is 0 Å². The van der Waals surface area contributed by atoms with Crippen molar-refractivity contribution in [1.82, 2.24) is 4.90 Å². The first kappa shape index (κ1) is 13.2. The van der Waals surface area contributed by atoms with E-state index in [0.717, 1.165) is 12.8 Å². The molecule has 5 nitrogen and oxygen atoms in total. The Bertz CT molecular complexity index is 366.